The SMILES string of the molecule is CC.CCC(=O)N(C)C1CCN(CC(C)C)CC1. The standard InChI is InChI=1S/C13H26N2O.C2H6/c1-5-13(16)14(4)12-6-8-15(9-7-12)10-11(2)3;1-2/h11-12H,5-10H2,1-4H3;1-2H3. The average Bonchev–Trinajstić information content (AvgIpc) is 2.39. The second-order valence-corrected chi connectivity index (χ2v) is 5.28. The Balaban J connectivity index is 0.00000137. The van der Waals surface area contributed by atoms with E-state index in [1.54, 1.807) is 0 Å². The van der Waals surface area contributed by atoms with Gasteiger partial charge in [0.2, 0.25) is 5.91 Å². The Morgan fingerprint density at radius 2 is 1.78 bits per heavy atom. The molecule has 0 aliphatic carbocycles. The van der Waals surface area contributed by atoms with Gasteiger partial charge in [0.25, 0.3) is 0 Å². The van der Waals surface area contributed by atoms with E-state index in [2.05, 4.69) is 18.7 Å². The fourth-order valence-corrected chi connectivity index (χ4v) is 2.46. The molecule has 0 unspecified atom stereocenters. The quantitative estimate of drug-likeness (QED) is 0.772. The van der Waals surface area contributed by atoms with E-state index in [0.29, 0.717) is 12.5 Å². The lowest BCUT2D eigenvalue weighted by Crippen LogP contribution is -2.46. The Labute approximate surface area is 114 Å². The molecule has 0 spiro atoms. The summed E-state index contributed by atoms with van der Waals surface area (Å²) in [4.78, 5) is 16.1. The van der Waals surface area contributed by atoms with Crippen molar-refractivity contribution in [2.75, 3.05) is 26.7 Å². The molecule has 18 heavy (non-hydrogen) atoms. The maximum Gasteiger partial charge on any atom is 0.222 e. The maximum atomic E-state index is 11.6. The summed E-state index contributed by atoms with van der Waals surface area (Å²) in [5.41, 5.74) is 0. The number of carbonyl (C=O) groups is 1. The molecular formula is C15H32N2O. The summed E-state index contributed by atoms with van der Waals surface area (Å²) in [5.74, 6) is 1.02. The number of amides is 1. The molecule has 3 nitrogen and oxygen atoms in total. The van der Waals surface area contributed by atoms with Gasteiger partial charge in [0, 0.05) is 39.1 Å². The molecule has 0 saturated carbocycles. The van der Waals surface area contributed by atoms with Gasteiger partial charge in [-0.2, -0.15) is 0 Å². The van der Waals surface area contributed by atoms with Gasteiger partial charge in [-0.05, 0) is 18.8 Å². The first-order valence-corrected chi connectivity index (χ1v) is 7.52. The lowest BCUT2D eigenvalue weighted by Gasteiger charge is -2.37. The Hall–Kier alpha value is -0.570. The first-order chi connectivity index (χ1) is 8.54. The molecule has 1 saturated heterocycles. The number of piperidine rings is 1. The molecular weight excluding hydrogens is 224 g/mol. The van der Waals surface area contributed by atoms with Crippen LogP contribution in [0.25, 0.3) is 0 Å². The van der Waals surface area contributed by atoms with Gasteiger partial charge < -0.3 is 9.80 Å². The van der Waals surface area contributed by atoms with Crippen LogP contribution in [0.2, 0.25) is 0 Å². The highest BCUT2D eigenvalue weighted by Gasteiger charge is 2.24. The van der Waals surface area contributed by atoms with E-state index in [4.69, 9.17) is 0 Å². The van der Waals surface area contributed by atoms with Crippen molar-refractivity contribution in [1.29, 1.82) is 0 Å². The molecule has 0 atom stereocenters. The van der Waals surface area contributed by atoms with Gasteiger partial charge in [0.1, 0.15) is 0 Å². The monoisotopic (exact) mass is 256 g/mol. The van der Waals surface area contributed by atoms with E-state index in [0.717, 1.165) is 31.8 Å². The summed E-state index contributed by atoms with van der Waals surface area (Å²) in [6, 6.07) is 0.468. The van der Waals surface area contributed by atoms with E-state index in [9.17, 15) is 4.79 Å². The van der Waals surface area contributed by atoms with Crippen LogP contribution in [-0.2, 0) is 4.79 Å². The number of nitrogens with zero attached hydrogens (tertiary/aromatic N) is 2. The summed E-state index contributed by atoms with van der Waals surface area (Å²) in [6.07, 6.45) is 2.90. The van der Waals surface area contributed by atoms with Gasteiger partial charge >= 0.3 is 0 Å². The van der Waals surface area contributed by atoms with Gasteiger partial charge in [-0.15, -0.1) is 0 Å². The molecule has 0 aromatic carbocycles. The molecule has 1 aliphatic rings. The normalized spacial score (nSPS) is 17.3. The first-order valence-electron chi connectivity index (χ1n) is 7.52. The molecule has 1 fully saturated rings. The van der Waals surface area contributed by atoms with Crippen molar-refractivity contribution in [3.8, 4) is 0 Å². The van der Waals surface area contributed by atoms with Crippen molar-refractivity contribution in [3.05, 3.63) is 0 Å². The molecule has 0 bridgehead atoms. The van der Waals surface area contributed by atoms with E-state index in [1.165, 1.54) is 6.54 Å². The molecule has 0 radical (unpaired) electrons. The Morgan fingerprint density at radius 3 is 2.17 bits per heavy atom. The molecule has 0 N–H and O–H groups in total. The van der Waals surface area contributed by atoms with Crippen LogP contribution in [0.15, 0.2) is 0 Å². The molecule has 1 amide bonds. The number of hydrogen-bond donors (Lipinski definition) is 0. The highest BCUT2D eigenvalue weighted by molar-refractivity contribution is 5.75. The lowest BCUT2D eigenvalue weighted by molar-refractivity contribution is -0.132. The van der Waals surface area contributed by atoms with Crippen molar-refractivity contribution in [2.45, 2.75) is 59.9 Å². The zero-order valence-electron chi connectivity index (χ0n) is 13.2. The highest BCUT2D eigenvalue weighted by atomic mass is 16.2. The number of carbonyl (C=O) groups excluding carboxylic acids is 1. The fraction of sp³-hybridized carbons (Fsp3) is 0.933. The second kappa shape index (κ2) is 9.37. The molecule has 1 rings (SSSR count). The van der Waals surface area contributed by atoms with E-state index in [-0.39, 0.29) is 5.91 Å². The van der Waals surface area contributed by atoms with E-state index in [1.807, 2.05) is 32.7 Å². The first kappa shape index (κ1) is 17.4. The summed E-state index contributed by atoms with van der Waals surface area (Å²) < 4.78 is 0. The summed E-state index contributed by atoms with van der Waals surface area (Å²) in [7, 11) is 1.95. The molecule has 0 aromatic rings. The van der Waals surface area contributed by atoms with Crippen LogP contribution in [0.5, 0.6) is 0 Å². The van der Waals surface area contributed by atoms with E-state index < -0.39 is 0 Å². The maximum absolute atomic E-state index is 11.6. The van der Waals surface area contributed by atoms with Crippen LogP contribution in [0.1, 0.15) is 53.9 Å². The average molecular weight is 256 g/mol. The van der Waals surface area contributed by atoms with Crippen molar-refractivity contribution in [2.24, 2.45) is 5.92 Å². The van der Waals surface area contributed by atoms with Crippen molar-refractivity contribution < 1.29 is 4.79 Å². The molecule has 1 heterocycles. The van der Waals surface area contributed by atoms with Crippen LogP contribution < -0.4 is 0 Å². The topological polar surface area (TPSA) is 23.6 Å². The van der Waals surface area contributed by atoms with Crippen LogP contribution in [0.3, 0.4) is 0 Å². The smallest absolute Gasteiger partial charge is 0.222 e. The third-order valence-corrected chi connectivity index (χ3v) is 3.42. The predicted molar refractivity (Wildman–Crippen MR) is 78.7 cm³/mol. The fourth-order valence-electron chi connectivity index (χ4n) is 2.46. The van der Waals surface area contributed by atoms with Crippen LogP contribution in [0.4, 0.5) is 0 Å². The third-order valence-electron chi connectivity index (χ3n) is 3.42. The number of hydrogen-bond acceptors (Lipinski definition) is 2. The van der Waals surface area contributed by atoms with Crippen LogP contribution in [-0.4, -0.2) is 48.4 Å². The summed E-state index contributed by atoms with van der Waals surface area (Å²) >= 11 is 0. The summed E-state index contributed by atoms with van der Waals surface area (Å²) in [6.45, 7) is 13.9. The third kappa shape index (κ3) is 5.85. The summed E-state index contributed by atoms with van der Waals surface area (Å²) in [5, 5.41) is 0. The lowest BCUT2D eigenvalue weighted by atomic mass is 10.0. The van der Waals surface area contributed by atoms with Gasteiger partial charge in [0.15, 0.2) is 0 Å². The minimum absolute atomic E-state index is 0.280. The highest BCUT2D eigenvalue weighted by Crippen LogP contribution is 2.16. The Morgan fingerprint density at radius 1 is 1.28 bits per heavy atom. The van der Waals surface area contributed by atoms with E-state index >= 15 is 0 Å². The molecule has 0 aromatic heterocycles. The molecule has 1 aliphatic heterocycles. The second-order valence-electron chi connectivity index (χ2n) is 5.28. The minimum Gasteiger partial charge on any atom is -0.343 e. The molecule has 3 heteroatoms. The zero-order valence-corrected chi connectivity index (χ0v) is 13.2. The van der Waals surface area contributed by atoms with Crippen molar-refractivity contribution >= 4 is 5.91 Å². The largest absolute Gasteiger partial charge is 0.343 e. The van der Waals surface area contributed by atoms with Crippen molar-refractivity contribution in [1.82, 2.24) is 9.80 Å². The predicted octanol–water partition coefficient (Wildman–Crippen LogP) is 3.00. The zero-order chi connectivity index (χ0) is 14.1. The minimum atomic E-state index is 0.280. The number of rotatable bonds is 4. The molecule has 108 valence electrons. The van der Waals surface area contributed by atoms with Gasteiger partial charge in [0.05, 0.1) is 0 Å². The number of likely N-dealkylation sites (tertiary alicyclic amines) is 1. The van der Waals surface area contributed by atoms with Gasteiger partial charge in [-0.1, -0.05) is 34.6 Å². The van der Waals surface area contributed by atoms with Gasteiger partial charge in [-0.25, -0.2) is 0 Å². The van der Waals surface area contributed by atoms with Crippen LogP contribution >= 0.6 is 0 Å². The van der Waals surface area contributed by atoms with Crippen LogP contribution in [0, 0.1) is 5.92 Å². The Kier molecular flexibility index (Phi) is 9.08. The van der Waals surface area contributed by atoms with Gasteiger partial charge in [-0.3, -0.25) is 4.79 Å². The Bertz CT molecular complexity index is 221. The van der Waals surface area contributed by atoms with Crippen molar-refractivity contribution in [3.63, 3.8) is 0 Å².